The molecule has 0 aliphatic rings. The maximum atomic E-state index is 12.4. The third kappa shape index (κ3) is 3.39. The first-order chi connectivity index (χ1) is 9.62. The van der Waals surface area contributed by atoms with Crippen molar-refractivity contribution in [3.63, 3.8) is 0 Å². The van der Waals surface area contributed by atoms with E-state index in [1.165, 1.54) is 21.0 Å². The summed E-state index contributed by atoms with van der Waals surface area (Å²) in [7, 11) is -1.38. The minimum atomic E-state index is -4.10. The van der Waals surface area contributed by atoms with Crippen molar-refractivity contribution in [3.05, 3.63) is 11.3 Å². The number of hydrogen-bond donors (Lipinski definition) is 3. The molecule has 0 saturated carbocycles. The maximum absolute atomic E-state index is 12.4. The van der Waals surface area contributed by atoms with Gasteiger partial charge in [-0.3, -0.25) is 9.89 Å². The van der Waals surface area contributed by atoms with Crippen LogP contribution in [0.25, 0.3) is 0 Å². The Morgan fingerprint density at radius 3 is 2.52 bits per heavy atom. The van der Waals surface area contributed by atoms with E-state index in [1.54, 1.807) is 6.92 Å². The van der Waals surface area contributed by atoms with Gasteiger partial charge in [0, 0.05) is 32.3 Å². The number of carbonyl (C=O) groups is 2. The Morgan fingerprint density at radius 1 is 1.48 bits per heavy atom. The number of carboxylic acid groups (broad SMARTS) is 1. The number of carbonyl (C=O) groups excluding carboxylic acids is 1. The Balaban J connectivity index is 3.12. The Morgan fingerprint density at radius 2 is 2.05 bits per heavy atom. The van der Waals surface area contributed by atoms with Crippen molar-refractivity contribution in [2.45, 2.75) is 18.9 Å². The van der Waals surface area contributed by atoms with Gasteiger partial charge in [-0.2, -0.15) is 9.40 Å². The lowest BCUT2D eigenvalue weighted by Crippen LogP contribution is -2.37. The second-order valence-corrected chi connectivity index (χ2v) is 6.59. The molecule has 1 atom stereocenters. The predicted molar refractivity (Wildman–Crippen MR) is 73.3 cm³/mol. The van der Waals surface area contributed by atoms with E-state index in [0.717, 1.165) is 4.31 Å². The third-order valence-corrected chi connectivity index (χ3v) is 4.76. The van der Waals surface area contributed by atoms with Gasteiger partial charge in [0.2, 0.25) is 10.9 Å². The molecule has 0 bridgehead atoms. The predicted octanol–water partition coefficient (Wildman–Crippen LogP) is -0.581. The summed E-state index contributed by atoms with van der Waals surface area (Å²) in [6, 6.07) is 0. The van der Waals surface area contributed by atoms with Gasteiger partial charge in [0.15, 0.2) is 0 Å². The second-order valence-electron chi connectivity index (χ2n) is 4.63. The highest BCUT2D eigenvalue weighted by atomic mass is 32.2. The number of hydrogen-bond acceptors (Lipinski definition) is 5. The van der Waals surface area contributed by atoms with Crippen molar-refractivity contribution >= 4 is 21.9 Å². The van der Waals surface area contributed by atoms with Gasteiger partial charge in [0.05, 0.1) is 0 Å². The molecule has 10 heteroatoms. The summed E-state index contributed by atoms with van der Waals surface area (Å²) in [5.41, 5.74) is -0.247. The zero-order valence-corrected chi connectivity index (χ0v) is 13.0. The van der Waals surface area contributed by atoms with E-state index in [-0.39, 0.29) is 18.1 Å². The van der Waals surface area contributed by atoms with Crippen LogP contribution < -0.4 is 5.32 Å². The molecule has 0 saturated heterocycles. The number of nitrogens with zero attached hydrogens (tertiary/aromatic N) is 2. The number of nitrogens with one attached hydrogen (secondary N) is 2. The van der Waals surface area contributed by atoms with Gasteiger partial charge >= 0.3 is 5.97 Å². The zero-order chi connectivity index (χ0) is 16.4. The fourth-order valence-corrected chi connectivity index (χ4v) is 3.18. The van der Waals surface area contributed by atoms with Crippen LogP contribution in [0.15, 0.2) is 5.03 Å². The molecule has 0 fully saturated rings. The molecule has 0 aliphatic heterocycles. The highest BCUT2D eigenvalue weighted by Gasteiger charge is 2.32. The Hall–Kier alpha value is -1.94. The van der Waals surface area contributed by atoms with Crippen molar-refractivity contribution in [1.82, 2.24) is 19.8 Å². The molecule has 118 valence electrons. The number of H-pyrrole nitrogens is 1. The summed E-state index contributed by atoms with van der Waals surface area (Å²) in [4.78, 5) is 22.6. The van der Waals surface area contributed by atoms with Gasteiger partial charge in [-0.25, -0.2) is 13.2 Å². The quantitative estimate of drug-likeness (QED) is 0.642. The summed E-state index contributed by atoms with van der Waals surface area (Å²) in [5.74, 6) is -2.27. The van der Waals surface area contributed by atoms with Gasteiger partial charge in [0.1, 0.15) is 5.56 Å². The van der Waals surface area contributed by atoms with E-state index in [2.05, 4.69) is 15.5 Å². The fraction of sp³-hybridized carbons (Fsp3) is 0.545. The van der Waals surface area contributed by atoms with Gasteiger partial charge in [0.25, 0.3) is 10.0 Å². The van der Waals surface area contributed by atoms with Crippen molar-refractivity contribution in [2.24, 2.45) is 5.92 Å². The Bertz CT molecular complexity index is 652. The van der Waals surface area contributed by atoms with E-state index in [4.69, 9.17) is 5.11 Å². The smallest absolute Gasteiger partial charge is 0.340 e. The van der Waals surface area contributed by atoms with Crippen LogP contribution >= 0.6 is 0 Å². The van der Waals surface area contributed by atoms with Crippen LogP contribution in [0, 0.1) is 12.8 Å². The van der Waals surface area contributed by atoms with Crippen LogP contribution in [0.3, 0.4) is 0 Å². The molecule has 1 aromatic heterocycles. The van der Waals surface area contributed by atoms with Crippen LogP contribution in [-0.4, -0.2) is 60.5 Å². The lowest BCUT2D eigenvalue weighted by Gasteiger charge is -2.19. The minimum Gasteiger partial charge on any atom is -0.478 e. The lowest BCUT2D eigenvalue weighted by atomic mass is 10.2. The number of amides is 1. The summed E-state index contributed by atoms with van der Waals surface area (Å²) in [6.07, 6.45) is 0. The molecule has 1 aromatic rings. The second kappa shape index (κ2) is 6.22. The van der Waals surface area contributed by atoms with Crippen molar-refractivity contribution in [1.29, 1.82) is 0 Å². The van der Waals surface area contributed by atoms with Crippen LogP contribution in [0.1, 0.15) is 23.0 Å². The maximum Gasteiger partial charge on any atom is 0.340 e. The van der Waals surface area contributed by atoms with Crippen LogP contribution in [-0.2, 0) is 14.8 Å². The highest BCUT2D eigenvalue weighted by molar-refractivity contribution is 7.89. The van der Waals surface area contributed by atoms with Crippen molar-refractivity contribution in [3.8, 4) is 0 Å². The Labute approximate surface area is 122 Å². The topological polar surface area (TPSA) is 132 Å². The monoisotopic (exact) mass is 318 g/mol. The number of aromatic nitrogens is 2. The Kier molecular flexibility index (Phi) is 5.07. The number of aromatic carboxylic acids is 1. The van der Waals surface area contributed by atoms with E-state index in [1.807, 2.05) is 0 Å². The number of sulfonamides is 1. The normalized spacial score (nSPS) is 13.2. The molecule has 21 heavy (non-hydrogen) atoms. The van der Waals surface area contributed by atoms with E-state index in [9.17, 15) is 18.0 Å². The molecule has 1 amide bonds. The standard InChI is InChI=1S/C11H18N4O5S/c1-6(9(16)12-3)5-15(4)21(19,20)10-8(11(17)18)7(2)13-14-10/h6H,5H2,1-4H3,(H,12,16)(H,13,14)(H,17,18). The molecule has 0 aromatic carbocycles. The molecular formula is C11H18N4O5S. The number of aryl methyl sites for hydroxylation is 1. The number of rotatable bonds is 6. The largest absolute Gasteiger partial charge is 0.478 e. The molecule has 9 nitrogen and oxygen atoms in total. The van der Waals surface area contributed by atoms with Crippen LogP contribution in [0.4, 0.5) is 0 Å². The fourth-order valence-electron chi connectivity index (χ4n) is 1.81. The first-order valence-corrected chi connectivity index (χ1v) is 7.53. The van der Waals surface area contributed by atoms with Gasteiger partial charge in [-0.05, 0) is 6.92 Å². The summed E-state index contributed by atoms with van der Waals surface area (Å²) in [5, 5.41) is 16.9. The molecule has 0 radical (unpaired) electrons. The first kappa shape index (κ1) is 17.1. The van der Waals surface area contributed by atoms with Crippen LogP contribution in [0.2, 0.25) is 0 Å². The number of aromatic amines is 1. The SMILES string of the molecule is CNC(=O)C(C)CN(C)S(=O)(=O)c1n[nH]c(C)c1C(=O)O. The highest BCUT2D eigenvalue weighted by Crippen LogP contribution is 2.20. The van der Waals surface area contributed by atoms with E-state index >= 15 is 0 Å². The van der Waals surface area contributed by atoms with Gasteiger partial charge < -0.3 is 10.4 Å². The summed E-state index contributed by atoms with van der Waals surface area (Å²) >= 11 is 0. The molecular weight excluding hydrogens is 300 g/mol. The summed E-state index contributed by atoms with van der Waals surface area (Å²) in [6.45, 7) is 2.90. The van der Waals surface area contributed by atoms with E-state index in [0.29, 0.717) is 0 Å². The average Bonchev–Trinajstić information content (AvgIpc) is 2.80. The zero-order valence-electron chi connectivity index (χ0n) is 12.2. The molecule has 0 aliphatic carbocycles. The first-order valence-electron chi connectivity index (χ1n) is 6.09. The van der Waals surface area contributed by atoms with Crippen LogP contribution in [0.5, 0.6) is 0 Å². The van der Waals surface area contributed by atoms with Gasteiger partial charge in [-0.1, -0.05) is 6.92 Å². The molecule has 1 unspecified atom stereocenters. The molecule has 1 rings (SSSR count). The molecule has 1 heterocycles. The number of carboxylic acids is 1. The minimum absolute atomic E-state index is 0.0903. The molecule has 0 spiro atoms. The molecule has 3 N–H and O–H groups in total. The van der Waals surface area contributed by atoms with E-state index < -0.39 is 32.5 Å². The van der Waals surface area contributed by atoms with Gasteiger partial charge in [-0.15, -0.1) is 0 Å². The average molecular weight is 318 g/mol. The third-order valence-electron chi connectivity index (χ3n) is 3.01. The summed E-state index contributed by atoms with van der Waals surface area (Å²) < 4.78 is 25.6. The van der Waals surface area contributed by atoms with Crippen molar-refractivity contribution < 1.29 is 23.1 Å². The lowest BCUT2D eigenvalue weighted by molar-refractivity contribution is -0.124. The van der Waals surface area contributed by atoms with Crippen molar-refractivity contribution in [2.75, 3.05) is 20.6 Å².